The standard InChI is InChI=1S/C10H11F3N2O/c1-2-3-14-10(16)15-9-5-7(12)6(11)4-8(9)13/h4-5H,2-3H2,1H3,(H2,14,15,16). The Kier molecular flexibility index (Phi) is 4.16. The van der Waals surface area contributed by atoms with Crippen molar-refractivity contribution in [3.63, 3.8) is 0 Å². The largest absolute Gasteiger partial charge is 0.338 e. The zero-order valence-corrected chi connectivity index (χ0v) is 8.61. The van der Waals surface area contributed by atoms with E-state index in [9.17, 15) is 18.0 Å². The normalized spacial score (nSPS) is 10.0. The van der Waals surface area contributed by atoms with Gasteiger partial charge in [0.1, 0.15) is 5.82 Å². The highest BCUT2D eigenvalue weighted by Crippen LogP contribution is 2.18. The zero-order chi connectivity index (χ0) is 12.1. The van der Waals surface area contributed by atoms with Gasteiger partial charge >= 0.3 is 6.03 Å². The molecule has 0 aliphatic heterocycles. The quantitative estimate of drug-likeness (QED) is 0.773. The molecular formula is C10H11F3N2O. The van der Waals surface area contributed by atoms with Crippen molar-refractivity contribution in [1.29, 1.82) is 0 Å². The van der Waals surface area contributed by atoms with E-state index in [0.717, 1.165) is 0 Å². The molecule has 3 nitrogen and oxygen atoms in total. The van der Waals surface area contributed by atoms with Gasteiger partial charge in [0, 0.05) is 18.7 Å². The van der Waals surface area contributed by atoms with E-state index in [1.54, 1.807) is 0 Å². The Balaban J connectivity index is 2.73. The molecule has 2 N–H and O–H groups in total. The number of rotatable bonds is 3. The highest BCUT2D eigenvalue weighted by molar-refractivity contribution is 5.89. The molecule has 0 radical (unpaired) electrons. The Bertz CT molecular complexity index is 396. The maximum Gasteiger partial charge on any atom is 0.319 e. The van der Waals surface area contributed by atoms with Gasteiger partial charge in [-0.2, -0.15) is 0 Å². The molecular weight excluding hydrogens is 221 g/mol. The minimum atomic E-state index is -1.29. The number of carbonyl (C=O) groups excluding carboxylic acids is 1. The van der Waals surface area contributed by atoms with Gasteiger partial charge in [-0.25, -0.2) is 18.0 Å². The number of carbonyl (C=O) groups is 1. The SMILES string of the molecule is CCCNC(=O)Nc1cc(F)c(F)cc1F. The lowest BCUT2D eigenvalue weighted by molar-refractivity contribution is 0.252. The average Bonchev–Trinajstić information content (AvgIpc) is 2.23. The number of anilines is 1. The smallest absolute Gasteiger partial charge is 0.319 e. The number of amides is 2. The van der Waals surface area contributed by atoms with Crippen LogP contribution < -0.4 is 10.6 Å². The van der Waals surface area contributed by atoms with Gasteiger partial charge in [-0.05, 0) is 6.42 Å². The third-order valence-electron chi connectivity index (χ3n) is 1.79. The van der Waals surface area contributed by atoms with Crippen LogP contribution in [0.4, 0.5) is 23.7 Å². The molecule has 0 saturated heterocycles. The first kappa shape index (κ1) is 12.4. The summed E-state index contributed by atoms with van der Waals surface area (Å²) in [6, 6.07) is 0.313. The summed E-state index contributed by atoms with van der Waals surface area (Å²) in [6.45, 7) is 2.26. The Morgan fingerprint density at radius 3 is 2.44 bits per heavy atom. The van der Waals surface area contributed by atoms with Gasteiger partial charge in [0.15, 0.2) is 11.6 Å². The number of urea groups is 1. The van der Waals surface area contributed by atoms with Crippen molar-refractivity contribution in [2.75, 3.05) is 11.9 Å². The van der Waals surface area contributed by atoms with Gasteiger partial charge in [-0.1, -0.05) is 6.92 Å². The van der Waals surface area contributed by atoms with E-state index in [4.69, 9.17) is 0 Å². The second-order valence-electron chi connectivity index (χ2n) is 3.13. The third-order valence-corrected chi connectivity index (χ3v) is 1.79. The minimum Gasteiger partial charge on any atom is -0.338 e. The highest BCUT2D eigenvalue weighted by Gasteiger charge is 2.11. The molecule has 1 aromatic rings. The van der Waals surface area contributed by atoms with Gasteiger partial charge in [0.25, 0.3) is 0 Å². The molecule has 0 heterocycles. The number of nitrogens with one attached hydrogen (secondary N) is 2. The van der Waals surface area contributed by atoms with E-state index < -0.39 is 29.2 Å². The van der Waals surface area contributed by atoms with E-state index in [1.165, 1.54) is 0 Å². The monoisotopic (exact) mass is 232 g/mol. The minimum absolute atomic E-state index is 0.380. The van der Waals surface area contributed by atoms with Crippen LogP contribution in [-0.2, 0) is 0 Å². The maximum absolute atomic E-state index is 13.1. The maximum atomic E-state index is 13.1. The lowest BCUT2D eigenvalue weighted by Gasteiger charge is -2.07. The van der Waals surface area contributed by atoms with E-state index in [2.05, 4.69) is 10.6 Å². The van der Waals surface area contributed by atoms with Gasteiger partial charge in [0.05, 0.1) is 5.69 Å². The fourth-order valence-electron chi connectivity index (χ4n) is 1.02. The van der Waals surface area contributed by atoms with Crippen LogP contribution in [0.5, 0.6) is 0 Å². The third kappa shape index (κ3) is 3.15. The lowest BCUT2D eigenvalue weighted by atomic mass is 10.3. The van der Waals surface area contributed by atoms with Crippen LogP contribution >= 0.6 is 0 Å². The number of hydrogen-bond donors (Lipinski definition) is 2. The predicted molar refractivity (Wildman–Crippen MR) is 53.6 cm³/mol. The van der Waals surface area contributed by atoms with Crippen molar-refractivity contribution in [3.8, 4) is 0 Å². The Morgan fingerprint density at radius 1 is 1.19 bits per heavy atom. The lowest BCUT2D eigenvalue weighted by Crippen LogP contribution is -2.29. The van der Waals surface area contributed by atoms with Crippen molar-refractivity contribution in [2.45, 2.75) is 13.3 Å². The first-order valence-electron chi connectivity index (χ1n) is 4.74. The molecule has 0 unspecified atom stereocenters. The van der Waals surface area contributed by atoms with Crippen molar-refractivity contribution in [3.05, 3.63) is 29.6 Å². The van der Waals surface area contributed by atoms with E-state index in [0.29, 0.717) is 25.1 Å². The summed E-state index contributed by atoms with van der Waals surface area (Å²) in [5, 5.41) is 4.49. The van der Waals surface area contributed by atoms with Gasteiger partial charge < -0.3 is 10.6 Å². The summed E-state index contributed by atoms with van der Waals surface area (Å²) >= 11 is 0. The van der Waals surface area contributed by atoms with Gasteiger partial charge in [-0.15, -0.1) is 0 Å². The van der Waals surface area contributed by atoms with Crippen LogP contribution in [0.3, 0.4) is 0 Å². The molecule has 0 aliphatic carbocycles. The molecule has 16 heavy (non-hydrogen) atoms. The summed E-state index contributed by atoms with van der Waals surface area (Å²) in [4.78, 5) is 11.1. The van der Waals surface area contributed by atoms with Crippen LogP contribution in [0.2, 0.25) is 0 Å². The fraction of sp³-hybridized carbons (Fsp3) is 0.300. The molecule has 88 valence electrons. The van der Waals surface area contributed by atoms with E-state index >= 15 is 0 Å². The van der Waals surface area contributed by atoms with Crippen molar-refractivity contribution >= 4 is 11.7 Å². The number of benzene rings is 1. The first-order valence-corrected chi connectivity index (χ1v) is 4.74. The van der Waals surface area contributed by atoms with Gasteiger partial charge in [-0.3, -0.25) is 0 Å². The van der Waals surface area contributed by atoms with Crippen LogP contribution in [0.25, 0.3) is 0 Å². The molecule has 2 amide bonds. The second kappa shape index (κ2) is 5.39. The molecule has 0 saturated carbocycles. The Labute approximate surface area is 90.6 Å². The summed E-state index contributed by atoms with van der Waals surface area (Å²) in [5.74, 6) is -3.53. The van der Waals surface area contributed by atoms with Crippen molar-refractivity contribution in [2.24, 2.45) is 0 Å². The van der Waals surface area contributed by atoms with Crippen LogP contribution in [0.1, 0.15) is 13.3 Å². The topological polar surface area (TPSA) is 41.1 Å². The Morgan fingerprint density at radius 2 is 1.81 bits per heavy atom. The highest BCUT2D eigenvalue weighted by atomic mass is 19.2. The first-order chi connectivity index (χ1) is 7.54. The zero-order valence-electron chi connectivity index (χ0n) is 8.61. The summed E-state index contributed by atoms with van der Waals surface area (Å²) in [7, 11) is 0. The number of hydrogen-bond acceptors (Lipinski definition) is 1. The Hall–Kier alpha value is -1.72. The van der Waals surface area contributed by atoms with Crippen LogP contribution in [0.15, 0.2) is 12.1 Å². The summed E-state index contributed by atoms with van der Waals surface area (Å²) in [5.41, 5.74) is -0.396. The molecule has 0 atom stereocenters. The molecule has 1 aromatic carbocycles. The van der Waals surface area contributed by atoms with E-state index in [1.807, 2.05) is 6.92 Å². The fourth-order valence-corrected chi connectivity index (χ4v) is 1.02. The summed E-state index contributed by atoms with van der Waals surface area (Å²) in [6.07, 6.45) is 0.716. The summed E-state index contributed by atoms with van der Waals surface area (Å²) < 4.78 is 38.4. The second-order valence-corrected chi connectivity index (χ2v) is 3.13. The van der Waals surface area contributed by atoms with Crippen LogP contribution in [-0.4, -0.2) is 12.6 Å². The predicted octanol–water partition coefficient (Wildman–Crippen LogP) is 2.64. The molecule has 0 aromatic heterocycles. The average molecular weight is 232 g/mol. The molecule has 1 rings (SSSR count). The van der Waals surface area contributed by atoms with Crippen LogP contribution in [0, 0.1) is 17.5 Å². The van der Waals surface area contributed by atoms with Crippen molar-refractivity contribution in [1.82, 2.24) is 5.32 Å². The molecule has 0 bridgehead atoms. The van der Waals surface area contributed by atoms with E-state index in [-0.39, 0.29) is 0 Å². The molecule has 0 spiro atoms. The molecule has 0 aliphatic rings. The van der Waals surface area contributed by atoms with Crippen molar-refractivity contribution < 1.29 is 18.0 Å². The van der Waals surface area contributed by atoms with Gasteiger partial charge in [0.2, 0.25) is 0 Å². The molecule has 0 fully saturated rings. The molecule has 6 heteroatoms. The number of halogens is 3.